The van der Waals surface area contributed by atoms with Gasteiger partial charge in [0.1, 0.15) is 0 Å². The van der Waals surface area contributed by atoms with Gasteiger partial charge in [0.2, 0.25) is 5.95 Å². The van der Waals surface area contributed by atoms with Crippen molar-refractivity contribution in [2.45, 2.75) is 19.3 Å². The van der Waals surface area contributed by atoms with E-state index in [0.29, 0.717) is 42.7 Å². The summed E-state index contributed by atoms with van der Waals surface area (Å²) in [4.78, 5) is 48.3. The first-order valence-corrected chi connectivity index (χ1v) is 16.1. The molecule has 1 saturated heterocycles. The quantitative estimate of drug-likeness (QED) is 0.264. The Bertz CT molecular complexity index is 1880. The highest BCUT2D eigenvalue weighted by Crippen LogP contribution is 2.44. The molecule has 1 aliphatic carbocycles. The molecule has 1 fully saturated rings. The van der Waals surface area contributed by atoms with Gasteiger partial charge >= 0.3 is 6.09 Å². The van der Waals surface area contributed by atoms with Crippen LogP contribution >= 0.6 is 27.3 Å². The predicted molar refractivity (Wildman–Crippen MR) is 174 cm³/mol. The smallest absolute Gasteiger partial charge is 0.413 e. The highest BCUT2D eigenvalue weighted by Gasteiger charge is 2.31. The van der Waals surface area contributed by atoms with Crippen LogP contribution in [-0.4, -0.2) is 79.9 Å². The van der Waals surface area contributed by atoms with Crippen molar-refractivity contribution in [3.05, 3.63) is 82.5 Å². The van der Waals surface area contributed by atoms with Crippen LogP contribution in [0.15, 0.2) is 65.7 Å². The number of rotatable bonds is 5. The summed E-state index contributed by atoms with van der Waals surface area (Å²) in [5.41, 5.74) is 5.98. The number of hydrogen-bond donors (Lipinski definition) is 1. The summed E-state index contributed by atoms with van der Waals surface area (Å²) in [5, 5.41) is 8.26. The number of nitrogens with one attached hydrogen (secondary N) is 1. The van der Waals surface area contributed by atoms with Crippen LogP contribution in [0.5, 0.6) is 0 Å². The highest BCUT2D eigenvalue weighted by atomic mass is 79.9. The van der Waals surface area contributed by atoms with Crippen LogP contribution in [-0.2, 0) is 17.6 Å². The maximum absolute atomic E-state index is 13.7. The Balaban J connectivity index is 1.22. The van der Waals surface area contributed by atoms with Gasteiger partial charge in [-0.05, 0) is 71.6 Å². The lowest BCUT2D eigenvalue weighted by Crippen LogP contribution is -2.35. The Morgan fingerprint density at radius 2 is 1.89 bits per heavy atom. The summed E-state index contributed by atoms with van der Waals surface area (Å²) in [6, 6.07) is 11.3. The lowest BCUT2D eigenvalue weighted by molar-refractivity contribution is 0.0767. The summed E-state index contributed by atoms with van der Waals surface area (Å²) in [5.74, 6) is 0.657. The first-order valence-electron chi connectivity index (χ1n) is 14.5. The van der Waals surface area contributed by atoms with E-state index in [-0.39, 0.29) is 5.91 Å². The molecular weight excluding hydrogens is 658 g/mol. The third kappa shape index (κ3) is 5.66. The van der Waals surface area contributed by atoms with E-state index >= 15 is 0 Å². The molecule has 7 rings (SSSR count). The van der Waals surface area contributed by atoms with Crippen molar-refractivity contribution in [3.8, 4) is 27.5 Å². The largest absolute Gasteiger partial charge is 0.453 e. The number of benzene rings is 1. The number of ether oxygens (including phenoxy) is 1. The highest BCUT2D eigenvalue weighted by molar-refractivity contribution is 9.10. The summed E-state index contributed by atoms with van der Waals surface area (Å²) < 4.78 is 7.41. The number of thiazole rings is 1. The first kappa shape index (κ1) is 29.0. The second-order valence-electron chi connectivity index (χ2n) is 10.6. The van der Waals surface area contributed by atoms with Gasteiger partial charge < -0.3 is 14.5 Å². The Kier molecular flexibility index (Phi) is 7.98. The van der Waals surface area contributed by atoms with Gasteiger partial charge in [-0.15, -0.1) is 0 Å². The fourth-order valence-electron chi connectivity index (χ4n) is 5.74. The predicted octanol–water partition coefficient (Wildman–Crippen LogP) is 5.24. The molecule has 0 unspecified atom stereocenters. The minimum Gasteiger partial charge on any atom is -0.453 e. The SMILES string of the molecule is COC(=O)Nc1nc2c(s1)-c1c(c(-c3cccnc3)nn1-c1ccc(C(=O)N3CCCN(c4ncccn4)CC3)cc1Br)CC2. The van der Waals surface area contributed by atoms with Gasteiger partial charge in [0.25, 0.3) is 5.91 Å². The maximum Gasteiger partial charge on any atom is 0.413 e. The van der Waals surface area contributed by atoms with Gasteiger partial charge in [-0.2, -0.15) is 5.10 Å². The number of anilines is 2. The number of fused-ring (bicyclic) bond motifs is 3. The molecular formula is C31H28BrN9O3S. The van der Waals surface area contributed by atoms with E-state index in [9.17, 15) is 9.59 Å². The Hall–Kier alpha value is -4.69. The molecule has 4 aromatic heterocycles. The number of pyridine rings is 1. The van der Waals surface area contributed by atoms with E-state index < -0.39 is 6.09 Å². The molecule has 0 radical (unpaired) electrons. The fraction of sp³-hybridized carbons (Fsp3) is 0.258. The van der Waals surface area contributed by atoms with Crippen LogP contribution < -0.4 is 10.2 Å². The van der Waals surface area contributed by atoms with Crippen molar-refractivity contribution >= 4 is 50.3 Å². The molecule has 1 aromatic carbocycles. The van der Waals surface area contributed by atoms with Crippen LogP contribution in [0.1, 0.15) is 28.0 Å². The second kappa shape index (κ2) is 12.4. The van der Waals surface area contributed by atoms with E-state index in [1.165, 1.54) is 18.4 Å². The van der Waals surface area contributed by atoms with E-state index in [4.69, 9.17) is 9.84 Å². The van der Waals surface area contributed by atoms with Crippen LogP contribution in [0.25, 0.3) is 27.5 Å². The molecule has 0 saturated carbocycles. The Morgan fingerprint density at radius 3 is 2.67 bits per heavy atom. The van der Waals surface area contributed by atoms with Gasteiger partial charge in [-0.1, -0.05) is 11.3 Å². The number of nitrogens with zero attached hydrogens (tertiary/aromatic N) is 8. The van der Waals surface area contributed by atoms with Gasteiger partial charge in [0, 0.05) is 72.1 Å². The standard InChI is InChI=1S/C31H28BrN9O3S/c1-44-31(43)37-30-36-23-8-7-21-25(20-5-2-10-33-18-20)38-41(26(21)27(23)45-30)24-9-6-19(17-22(24)32)28(42)39-13-4-14-40(16-15-39)29-34-11-3-12-35-29/h2-3,5-6,9-12,17-18H,4,7-8,13-16H2,1H3,(H,36,37,43). The number of aryl methyl sites for hydroxylation is 1. The lowest BCUT2D eigenvalue weighted by atomic mass is 9.95. The van der Waals surface area contributed by atoms with Gasteiger partial charge in [0.15, 0.2) is 5.13 Å². The van der Waals surface area contributed by atoms with Gasteiger partial charge in [-0.3, -0.25) is 15.1 Å². The molecule has 2 amide bonds. The van der Waals surface area contributed by atoms with Crippen molar-refractivity contribution < 1.29 is 14.3 Å². The van der Waals surface area contributed by atoms with E-state index in [0.717, 1.165) is 62.6 Å². The zero-order valence-electron chi connectivity index (χ0n) is 24.3. The molecule has 14 heteroatoms. The third-order valence-electron chi connectivity index (χ3n) is 7.88. The molecule has 5 aromatic rings. The number of hydrogen-bond acceptors (Lipinski definition) is 10. The number of methoxy groups -OCH3 is 1. The average Bonchev–Trinajstić information content (AvgIpc) is 3.57. The lowest BCUT2D eigenvalue weighted by Gasteiger charge is -2.22. The number of halogens is 1. The molecule has 228 valence electrons. The van der Waals surface area contributed by atoms with E-state index in [1.54, 1.807) is 24.7 Å². The Morgan fingerprint density at radius 1 is 1.02 bits per heavy atom. The van der Waals surface area contributed by atoms with Crippen molar-refractivity contribution in [1.29, 1.82) is 0 Å². The number of carbonyl (C=O) groups excluding carboxylic acids is 2. The van der Waals surface area contributed by atoms with Crippen molar-refractivity contribution in [2.75, 3.05) is 43.5 Å². The molecule has 0 spiro atoms. The normalized spacial score (nSPS) is 14.4. The van der Waals surface area contributed by atoms with Crippen molar-refractivity contribution in [2.24, 2.45) is 0 Å². The summed E-state index contributed by atoms with van der Waals surface area (Å²) in [6.45, 7) is 2.68. The van der Waals surface area contributed by atoms with E-state index in [1.807, 2.05) is 46.1 Å². The molecule has 2 aliphatic rings. The zero-order chi connectivity index (χ0) is 30.9. The molecule has 0 bridgehead atoms. The van der Waals surface area contributed by atoms with Crippen molar-refractivity contribution in [1.82, 2.24) is 34.6 Å². The monoisotopic (exact) mass is 685 g/mol. The maximum atomic E-state index is 13.7. The van der Waals surface area contributed by atoms with Crippen LogP contribution in [0, 0.1) is 0 Å². The number of carbonyl (C=O) groups is 2. The minimum atomic E-state index is -0.570. The third-order valence-corrected chi connectivity index (χ3v) is 9.53. The molecule has 45 heavy (non-hydrogen) atoms. The molecule has 1 N–H and O–H groups in total. The summed E-state index contributed by atoms with van der Waals surface area (Å²) in [7, 11) is 1.32. The van der Waals surface area contributed by atoms with Crippen LogP contribution in [0.3, 0.4) is 0 Å². The summed E-state index contributed by atoms with van der Waals surface area (Å²) >= 11 is 5.14. The minimum absolute atomic E-state index is 0.0279. The molecule has 0 atom stereocenters. The first-order chi connectivity index (χ1) is 22.0. The Labute approximate surface area is 271 Å². The molecule has 1 aliphatic heterocycles. The van der Waals surface area contributed by atoms with Crippen LogP contribution in [0.2, 0.25) is 0 Å². The summed E-state index contributed by atoms with van der Waals surface area (Å²) in [6.07, 6.45) is 8.70. The zero-order valence-corrected chi connectivity index (χ0v) is 26.7. The topological polar surface area (TPSA) is 131 Å². The van der Waals surface area contributed by atoms with E-state index in [2.05, 4.69) is 46.1 Å². The average molecular weight is 687 g/mol. The van der Waals surface area contributed by atoms with Crippen LogP contribution in [0.4, 0.5) is 15.9 Å². The van der Waals surface area contributed by atoms with Gasteiger partial charge in [0.05, 0.1) is 34.8 Å². The number of amides is 2. The molecule has 12 nitrogen and oxygen atoms in total. The number of aromatic nitrogens is 6. The van der Waals surface area contributed by atoms with Crippen molar-refractivity contribution in [3.63, 3.8) is 0 Å². The molecule has 5 heterocycles. The van der Waals surface area contributed by atoms with Gasteiger partial charge in [-0.25, -0.2) is 24.4 Å². The fourth-order valence-corrected chi connectivity index (χ4v) is 7.34. The second-order valence-corrected chi connectivity index (χ2v) is 12.4.